The second-order valence-corrected chi connectivity index (χ2v) is 8.54. The van der Waals surface area contributed by atoms with E-state index in [1.54, 1.807) is 16.7 Å². The van der Waals surface area contributed by atoms with Crippen LogP contribution in [0, 0.1) is 20.8 Å². The van der Waals surface area contributed by atoms with E-state index in [4.69, 9.17) is 0 Å². The molecule has 31 heavy (non-hydrogen) atoms. The Hall–Kier alpha value is -3.13. The van der Waals surface area contributed by atoms with Gasteiger partial charge in [0.15, 0.2) is 11.0 Å². The summed E-state index contributed by atoms with van der Waals surface area (Å²) < 4.78 is 1.80. The molecule has 0 radical (unpaired) electrons. The summed E-state index contributed by atoms with van der Waals surface area (Å²) >= 11 is 1.30. The molecule has 7 nitrogen and oxygen atoms in total. The van der Waals surface area contributed by atoms with Crippen molar-refractivity contribution in [3.05, 3.63) is 70.5 Å². The Labute approximate surface area is 186 Å². The van der Waals surface area contributed by atoms with Crippen molar-refractivity contribution < 1.29 is 9.59 Å². The number of aromatic nitrogens is 3. The summed E-state index contributed by atoms with van der Waals surface area (Å²) in [5.41, 5.74) is 4.78. The number of aryl methyl sites for hydroxylation is 3. The van der Waals surface area contributed by atoms with Gasteiger partial charge in [-0.15, -0.1) is 10.2 Å². The van der Waals surface area contributed by atoms with Gasteiger partial charge in [0.1, 0.15) is 0 Å². The number of carbonyl (C=O) groups is 2. The summed E-state index contributed by atoms with van der Waals surface area (Å²) in [5, 5.41) is 14.8. The predicted molar refractivity (Wildman–Crippen MR) is 123 cm³/mol. The fourth-order valence-electron chi connectivity index (χ4n) is 3.02. The van der Waals surface area contributed by atoms with Crippen LogP contribution in [-0.4, -0.2) is 32.3 Å². The summed E-state index contributed by atoms with van der Waals surface area (Å²) in [5.74, 6) is 0.553. The first-order chi connectivity index (χ1) is 14.7. The highest BCUT2D eigenvalue weighted by Gasteiger charge is 2.19. The summed E-state index contributed by atoms with van der Waals surface area (Å²) in [7, 11) is 1.83. The number of amides is 2. The molecule has 3 aromatic rings. The van der Waals surface area contributed by atoms with Gasteiger partial charge in [0.25, 0.3) is 5.91 Å². The third kappa shape index (κ3) is 5.73. The molecule has 1 aromatic heterocycles. The molecule has 1 atom stereocenters. The number of hydrogen-bond acceptors (Lipinski definition) is 5. The minimum Gasteiger partial charge on any atom is -0.342 e. The number of hydrogen-bond donors (Lipinski definition) is 2. The monoisotopic (exact) mass is 437 g/mol. The maximum atomic E-state index is 12.5. The molecule has 0 aliphatic carbocycles. The molecule has 2 amide bonds. The first kappa shape index (κ1) is 22.6. The molecule has 0 fully saturated rings. The number of rotatable bonds is 7. The second kappa shape index (κ2) is 9.78. The second-order valence-electron chi connectivity index (χ2n) is 7.60. The van der Waals surface area contributed by atoms with Gasteiger partial charge in [0.05, 0.1) is 11.8 Å². The van der Waals surface area contributed by atoms with Gasteiger partial charge < -0.3 is 15.2 Å². The van der Waals surface area contributed by atoms with Crippen LogP contribution in [0.5, 0.6) is 0 Å². The number of nitrogens with zero attached hydrogens (tertiary/aromatic N) is 3. The fourth-order valence-corrected chi connectivity index (χ4v) is 3.74. The first-order valence-electron chi connectivity index (χ1n) is 10.0. The van der Waals surface area contributed by atoms with Crippen LogP contribution in [0.15, 0.2) is 47.6 Å². The quantitative estimate of drug-likeness (QED) is 0.546. The molecule has 0 spiro atoms. The fraction of sp³-hybridized carbons (Fsp3) is 0.304. The lowest BCUT2D eigenvalue weighted by Crippen LogP contribution is -2.28. The van der Waals surface area contributed by atoms with Gasteiger partial charge in [-0.05, 0) is 63.1 Å². The Kier molecular flexibility index (Phi) is 7.12. The van der Waals surface area contributed by atoms with E-state index in [0.29, 0.717) is 16.5 Å². The Morgan fingerprint density at radius 3 is 2.42 bits per heavy atom. The average molecular weight is 438 g/mol. The molecular weight excluding hydrogens is 410 g/mol. The summed E-state index contributed by atoms with van der Waals surface area (Å²) in [6, 6.07) is 12.9. The lowest BCUT2D eigenvalue weighted by Gasteiger charge is -2.14. The Morgan fingerprint density at radius 2 is 1.74 bits per heavy atom. The van der Waals surface area contributed by atoms with Crippen molar-refractivity contribution >= 4 is 29.3 Å². The lowest BCUT2D eigenvalue weighted by atomic mass is 10.1. The molecule has 0 unspecified atom stereocenters. The van der Waals surface area contributed by atoms with Crippen LogP contribution in [-0.2, 0) is 11.8 Å². The highest BCUT2D eigenvalue weighted by molar-refractivity contribution is 7.99. The van der Waals surface area contributed by atoms with Crippen molar-refractivity contribution in [1.82, 2.24) is 20.1 Å². The van der Waals surface area contributed by atoms with E-state index >= 15 is 0 Å². The molecule has 8 heteroatoms. The zero-order valence-corrected chi connectivity index (χ0v) is 19.2. The average Bonchev–Trinajstić information content (AvgIpc) is 3.10. The van der Waals surface area contributed by atoms with Gasteiger partial charge in [0.2, 0.25) is 5.91 Å². The highest BCUT2D eigenvalue weighted by atomic mass is 32.2. The third-order valence-corrected chi connectivity index (χ3v) is 6.06. The number of carbonyl (C=O) groups excluding carboxylic acids is 2. The Bertz CT molecular complexity index is 1090. The summed E-state index contributed by atoms with van der Waals surface area (Å²) in [6.07, 6.45) is 0. The van der Waals surface area contributed by atoms with Crippen LogP contribution in [0.1, 0.15) is 45.8 Å². The van der Waals surface area contributed by atoms with Gasteiger partial charge >= 0.3 is 0 Å². The van der Waals surface area contributed by atoms with E-state index in [-0.39, 0.29) is 23.6 Å². The molecule has 0 saturated carbocycles. The molecule has 0 aliphatic heterocycles. The minimum absolute atomic E-state index is 0.112. The molecule has 162 valence electrons. The lowest BCUT2D eigenvalue weighted by molar-refractivity contribution is -0.113. The molecule has 1 heterocycles. The van der Waals surface area contributed by atoms with Gasteiger partial charge in [-0.25, -0.2) is 0 Å². The van der Waals surface area contributed by atoms with Crippen molar-refractivity contribution in [2.45, 2.75) is 38.9 Å². The van der Waals surface area contributed by atoms with Crippen LogP contribution >= 0.6 is 11.8 Å². The predicted octanol–water partition coefficient (Wildman–Crippen LogP) is 3.96. The summed E-state index contributed by atoms with van der Waals surface area (Å²) in [6.45, 7) is 7.88. The maximum absolute atomic E-state index is 12.5. The van der Waals surface area contributed by atoms with E-state index < -0.39 is 0 Å². The minimum atomic E-state index is -0.329. The number of benzene rings is 2. The molecule has 2 aromatic carbocycles. The smallest absolute Gasteiger partial charge is 0.251 e. The van der Waals surface area contributed by atoms with Gasteiger partial charge in [-0.2, -0.15) is 0 Å². The van der Waals surface area contributed by atoms with E-state index in [2.05, 4.69) is 20.8 Å². The summed E-state index contributed by atoms with van der Waals surface area (Å²) in [4.78, 5) is 24.8. The molecule has 2 N–H and O–H groups in total. The molecule has 3 rings (SSSR count). The first-order valence-corrected chi connectivity index (χ1v) is 11.0. The molecule has 0 bridgehead atoms. The van der Waals surface area contributed by atoms with E-state index in [1.165, 1.54) is 17.3 Å². The third-order valence-electron chi connectivity index (χ3n) is 5.04. The number of nitrogens with one attached hydrogen (secondary N) is 2. The standard InChI is InChI=1S/C23H27N5O2S/c1-14-6-9-18(10-7-14)22(30)24-17(4)21-26-27-23(28(21)5)31-13-20(29)25-19-11-8-15(2)16(3)12-19/h6-12,17H,13H2,1-5H3,(H,24,30)(H,25,29)/t17-/m0/s1. The van der Waals surface area contributed by atoms with Crippen molar-refractivity contribution in [2.75, 3.05) is 11.1 Å². The van der Waals surface area contributed by atoms with Gasteiger partial charge in [-0.3, -0.25) is 9.59 Å². The van der Waals surface area contributed by atoms with Crippen LogP contribution in [0.3, 0.4) is 0 Å². The van der Waals surface area contributed by atoms with Gasteiger partial charge in [0, 0.05) is 18.3 Å². The molecule has 0 aliphatic rings. The largest absolute Gasteiger partial charge is 0.342 e. The van der Waals surface area contributed by atoms with Crippen LogP contribution in [0.4, 0.5) is 5.69 Å². The van der Waals surface area contributed by atoms with Crippen LogP contribution in [0.2, 0.25) is 0 Å². The number of thioether (sulfide) groups is 1. The molecule has 0 saturated heterocycles. The normalized spacial score (nSPS) is 11.8. The zero-order chi connectivity index (χ0) is 22.5. The van der Waals surface area contributed by atoms with Crippen molar-refractivity contribution in [3.63, 3.8) is 0 Å². The topological polar surface area (TPSA) is 88.9 Å². The highest BCUT2D eigenvalue weighted by Crippen LogP contribution is 2.20. The zero-order valence-electron chi connectivity index (χ0n) is 18.4. The number of anilines is 1. The SMILES string of the molecule is Cc1ccc(C(=O)N[C@@H](C)c2nnc(SCC(=O)Nc3ccc(C)c(C)c3)n2C)cc1. The van der Waals surface area contributed by atoms with E-state index in [9.17, 15) is 9.59 Å². The van der Waals surface area contributed by atoms with Crippen molar-refractivity contribution in [1.29, 1.82) is 0 Å². The van der Waals surface area contributed by atoms with E-state index in [1.807, 2.05) is 65.1 Å². The molecular formula is C23H27N5O2S. The van der Waals surface area contributed by atoms with Crippen LogP contribution in [0.25, 0.3) is 0 Å². The van der Waals surface area contributed by atoms with Crippen LogP contribution < -0.4 is 10.6 Å². The maximum Gasteiger partial charge on any atom is 0.251 e. The Balaban J connectivity index is 1.57. The van der Waals surface area contributed by atoms with Crippen molar-refractivity contribution in [2.24, 2.45) is 7.05 Å². The van der Waals surface area contributed by atoms with Gasteiger partial charge in [-0.1, -0.05) is 35.5 Å². The Morgan fingerprint density at radius 1 is 1.03 bits per heavy atom. The van der Waals surface area contributed by atoms with Crippen molar-refractivity contribution in [3.8, 4) is 0 Å². The van der Waals surface area contributed by atoms with E-state index in [0.717, 1.165) is 16.8 Å².